The third-order valence-corrected chi connectivity index (χ3v) is 3.74. The third kappa shape index (κ3) is 1.46. The van der Waals surface area contributed by atoms with Crippen LogP contribution in [0, 0.1) is 11.8 Å². The van der Waals surface area contributed by atoms with Crippen molar-refractivity contribution in [3.63, 3.8) is 0 Å². The first kappa shape index (κ1) is 9.00. The minimum Gasteiger partial charge on any atom is -0.343 e. The number of nitrogens with zero attached hydrogens (tertiary/aromatic N) is 1. The van der Waals surface area contributed by atoms with Crippen molar-refractivity contribution in [1.82, 2.24) is 10.2 Å². The van der Waals surface area contributed by atoms with Crippen molar-refractivity contribution in [3.8, 4) is 0 Å². The van der Waals surface area contributed by atoms with E-state index in [1.54, 1.807) is 0 Å². The van der Waals surface area contributed by atoms with Crippen LogP contribution in [0.4, 0.5) is 0 Å². The van der Waals surface area contributed by atoms with E-state index in [0.717, 1.165) is 19.5 Å². The van der Waals surface area contributed by atoms with Gasteiger partial charge < -0.3 is 10.2 Å². The molecule has 3 heteroatoms. The van der Waals surface area contributed by atoms with E-state index in [1.807, 2.05) is 11.9 Å². The fourth-order valence-electron chi connectivity index (χ4n) is 2.64. The van der Waals surface area contributed by atoms with Crippen LogP contribution in [0.25, 0.3) is 0 Å². The van der Waals surface area contributed by atoms with Gasteiger partial charge in [0.15, 0.2) is 0 Å². The largest absolute Gasteiger partial charge is 0.343 e. The molecule has 2 heterocycles. The Balaban J connectivity index is 2.12. The van der Waals surface area contributed by atoms with Crippen LogP contribution < -0.4 is 5.32 Å². The molecule has 0 spiro atoms. The molecule has 3 nitrogen and oxygen atoms in total. The maximum Gasteiger partial charge on any atom is 0.222 e. The lowest BCUT2D eigenvalue weighted by Crippen LogP contribution is -2.54. The van der Waals surface area contributed by atoms with E-state index >= 15 is 0 Å². The molecule has 1 amide bonds. The molecule has 2 saturated heterocycles. The van der Waals surface area contributed by atoms with Crippen LogP contribution in [-0.2, 0) is 4.79 Å². The van der Waals surface area contributed by atoms with Gasteiger partial charge in [0.1, 0.15) is 0 Å². The molecule has 2 aliphatic heterocycles. The molecule has 3 unspecified atom stereocenters. The Morgan fingerprint density at radius 1 is 1.54 bits per heavy atom. The quantitative estimate of drug-likeness (QED) is 0.590. The molecule has 0 aliphatic carbocycles. The molecule has 2 aliphatic rings. The van der Waals surface area contributed by atoms with Crippen LogP contribution in [0.3, 0.4) is 0 Å². The predicted octanol–water partition coefficient (Wildman–Crippen LogP) is 0.463. The van der Waals surface area contributed by atoms with Crippen molar-refractivity contribution in [1.29, 1.82) is 0 Å². The predicted molar refractivity (Wildman–Crippen MR) is 51.3 cm³/mol. The maximum absolute atomic E-state index is 11.6. The Bertz CT molecular complexity index is 215. The number of amides is 1. The van der Waals surface area contributed by atoms with Crippen molar-refractivity contribution >= 4 is 5.91 Å². The first-order chi connectivity index (χ1) is 6.20. The van der Waals surface area contributed by atoms with Crippen molar-refractivity contribution in [2.75, 3.05) is 20.1 Å². The Labute approximate surface area is 79.5 Å². The molecule has 3 atom stereocenters. The van der Waals surface area contributed by atoms with Crippen molar-refractivity contribution < 1.29 is 4.79 Å². The molecule has 13 heavy (non-hydrogen) atoms. The fourth-order valence-corrected chi connectivity index (χ4v) is 2.64. The maximum atomic E-state index is 11.6. The standard InChI is InChI=1S/C10H18N2O/c1-7-9-6-11-4-3-8(9)5-10(13)12(7)2/h7-9,11H,3-6H2,1-2H3. The first-order valence-corrected chi connectivity index (χ1v) is 5.16. The summed E-state index contributed by atoms with van der Waals surface area (Å²) in [5, 5.41) is 3.41. The van der Waals surface area contributed by atoms with Crippen LogP contribution >= 0.6 is 0 Å². The third-order valence-electron chi connectivity index (χ3n) is 3.74. The van der Waals surface area contributed by atoms with Crippen molar-refractivity contribution in [2.45, 2.75) is 25.8 Å². The Morgan fingerprint density at radius 3 is 3.08 bits per heavy atom. The summed E-state index contributed by atoms with van der Waals surface area (Å²) in [7, 11) is 1.93. The van der Waals surface area contributed by atoms with Crippen LogP contribution in [0.15, 0.2) is 0 Å². The first-order valence-electron chi connectivity index (χ1n) is 5.16. The summed E-state index contributed by atoms with van der Waals surface area (Å²) in [4.78, 5) is 13.5. The zero-order chi connectivity index (χ0) is 9.42. The number of fused-ring (bicyclic) bond motifs is 1. The van der Waals surface area contributed by atoms with E-state index in [-0.39, 0.29) is 0 Å². The van der Waals surface area contributed by atoms with Gasteiger partial charge in [-0.25, -0.2) is 0 Å². The summed E-state index contributed by atoms with van der Waals surface area (Å²) >= 11 is 0. The van der Waals surface area contributed by atoms with E-state index in [4.69, 9.17) is 0 Å². The van der Waals surface area contributed by atoms with Gasteiger partial charge in [0, 0.05) is 26.1 Å². The number of carbonyl (C=O) groups is 1. The van der Waals surface area contributed by atoms with E-state index < -0.39 is 0 Å². The van der Waals surface area contributed by atoms with Gasteiger partial charge in [0.2, 0.25) is 5.91 Å². The zero-order valence-electron chi connectivity index (χ0n) is 8.42. The van der Waals surface area contributed by atoms with E-state index in [1.165, 1.54) is 6.42 Å². The summed E-state index contributed by atoms with van der Waals surface area (Å²) in [5.41, 5.74) is 0. The number of nitrogens with one attached hydrogen (secondary N) is 1. The number of hydrogen-bond acceptors (Lipinski definition) is 2. The molecule has 0 aromatic rings. The van der Waals surface area contributed by atoms with Gasteiger partial charge in [-0.05, 0) is 31.7 Å². The molecule has 74 valence electrons. The van der Waals surface area contributed by atoms with E-state index in [9.17, 15) is 4.79 Å². The van der Waals surface area contributed by atoms with Crippen molar-refractivity contribution in [2.24, 2.45) is 11.8 Å². The molecule has 0 aromatic heterocycles. The molecular formula is C10H18N2O. The highest BCUT2D eigenvalue weighted by Gasteiger charge is 2.38. The highest BCUT2D eigenvalue weighted by molar-refractivity contribution is 5.77. The Hall–Kier alpha value is -0.570. The molecule has 2 rings (SSSR count). The summed E-state index contributed by atoms with van der Waals surface area (Å²) in [6, 6.07) is 0.416. The molecule has 0 radical (unpaired) electrons. The average molecular weight is 182 g/mol. The highest BCUT2D eigenvalue weighted by atomic mass is 16.2. The van der Waals surface area contributed by atoms with E-state index in [2.05, 4.69) is 12.2 Å². The summed E-state index contributed by atoms with van der Waals surface area (Å²) < 4.78 is 0. The highest BCUT2D eigenvalue weighted by Crippen LogP contribution is 2.32. The summed E-state index contributed by atoms with van der Waals surface area (Å²) in [6.45, 7) is 4.34. The van der Waals surface area contributed by atoms with Gasteiger partial charge in [-0.3, -0.25) is 4.79 Å². The lowest BCUT2D eigenvalue weighted by molar-refractivity contribution is -0.139. The second kappa shape index (κ2) is 3.29. The normalized spacial score (nSPS) is 40.3. The Morgan fingerprint density at radius 2 is 2.31 bits per heavy atom. The average Bonchev–Trinajstić information content (AvgIpc) is 2.15. The van der Waals surface area contributed by atoms with Crippen LogP contribution in [0.1, 0.15) is 19.8 Å². The minimum atomic E-state index is 0.329. The second-order valence-electron chi connectivity index (χ2n) is 4.37. The SMILES string of the molecule is CC1C2CNCCC2CC(=O)N1C. The molecule has 0 bridgehead atoms. The smallest absolute Gasteiger partial charge is 0.222 e. The van der Waals surface area contributed by atoms with Gasteiger partial charge in [0.25, 0.3) is 0 Å². The molecule has 0 aromatic carbocycles. The second-order valence-corrected chi connectivity index (χ2v) is 4.37. The zero-order valence-corrected chi connectivity index (χ0v) is 8.42. The van der Waals surface area contributed by atoms with Crippen LogP contribution in [0.5, 0.6) is 0 Å². The minimum absolute atomic E-state index is 0.329. The summed E-state index contributed by atoms with van der Waals surface area (Å²) in [6.07, 6.45) is 1.95. The monoisotopic (exact) mass is 182 g/mol. The molecule has 1 N–H and O–H groups in total. The van der Waals surface area contributed by atoms with Crippen LogP contribution in [-0.4, -0.2) is 37.0 Å². The molecule has 0 saturated carbocycles. The molecule has 2 fully saturated rings. The van der Waals surface area contributed by atoms with Gasteiger partial charge in [-0.2, -0.15) is 0 Å². The van der Waals surface area contributed by atoms with E-state index in [0.29, 0.717) is 23.8 Å². The lowest BCUT2D eigenvalue weighted by atomic mass is 9.76. The van der Waals surface area contributed by atoms with Gasteiger partial charge >= 0.3 is 0 Å². The number of piperidine rings is 2. The van der Waals surface area contributed by atoms with Crippen LogP contribution in [0.2, 0.25) is 0 Å². The van der Waals surface area contributed by atoms with Gasteiger partial charge in [0.05, 0.1) is 0 Å². The number of rotatable bonds is 0. The van der Waals surface area contributed by atoms with Gasteiger partial charge in [-0.1, -0.05) is 0 Å². The number of likely N-dealkylation sites (tertiary alicyclic amines) is 1. The lowest BCUT2D eigenvalue weighted by Gasteiger charge is -2.44. The topological polar surface area (TPSA) is 32.3 Å². The molecular weight excluding hydrogens is 164 g/mol. The fraction of sp³-hybridized carbons (Fsp3) is 0.900. The Kier molecular flexibility index (Phi) is 2.28. The number of hydrogen-bond donors (Lipinski definition) is 1. The van der Waals surface area contributed by atoms with Gasteiger partial charge in [-0.15, -0.1) is 0 Å². The number of carbonyl (C=O) groups excluding carboxylic acids is 1. The summed E-state index contributed by atoms with van der Waals surface area (Å²) in [5.74, 6) is 1.65. The van der Waals surface area contributed by atoms with Crippen molar-refractivity contribution in [3.05, 3.63) is 0 Å².